The molecule has 19 heavy (non-hydrogen) atoms. The van der Waals surface area contributed by atoms with E-state index in [0.29, 0.717) is 16.1 Å². The lowest BCUT2D eigenvalue weighted by atomic mass is 10.1. The average Bonchev–Trinajstić information content (AvgIpc) is 2.96. The summed E-state index contributed by atoms with van der Waals surface area (Å²) in [6, 6.07) is 1.71. The minimum absolute atomic E-state index is 0.196. The SMILES string of the molecule is Cc1nnc(Sc2nc3c(cc2C(=O)O)CCC3)o1. The molecule has 0 spiro atoms. The Hall–Kier alpha value is -1.89. The van der Waals surface area contributed by atoms with Gasteiger partial charge in [0.1, 0.15) is 5.03 Å². The molecule has 2 aromatic rings. The summed E-state index contributed by atoms with van der Waals surface area (Å²) in [5.74, 6) is -0.540. The molecule has 1 aliphatic carbocycles. The number of fused-ring (bicyclic) bond motifs is 1. The Morgan fingerprint density at radius 2 is 2.26 bits per heavy atom. The third-order valence-corrected chi connectivity index (χ3v) is 3.78. The Kier molecular flexibility index (Phi) is 2.98. The molecule has 1 N–H and O–H groups in total. The van der Waals surface area contributed by atoms with Crippen molar-refractivity contribution in [3.05, 3.63) is 28.8 Å². The molecule has 1 aliphatic rings. The van der Waals surface area contributed by atoms with Gasteiger partial charge in [-0.2, -0.15) is 0 Å². The zero-order valence-electron chi connectivity index (χ0n) is 10.2. The van der Waals surface area contributed by atoms with Crippen LogP contribution in [0.1, 0.15) is 33.9 Å². The van der Waals surface area contributed by atoms with Gasteiger partial charge in [0, 0.05) is 12.6 Å². The highest BCUT2D eigenvalue weighted by Gasteiger charge is 2.21. The van der Waals surface area contributed by atoms with Gasteiger partial charge >= 0.3 is 5.97 Å². The van der Waals surface area contributed by atoms with Gasteiger partial charge in [0.05, 0.1) is 5.56 Å². The van der Waals surface area contributed by atoms with Crippen LogP contribution in [0, 0.1) is 6.92 Å². The normalized spacial score (nSPS) is 13.5. The Morgan fingerprint density at radius 1 is 1.42 bits per heavy atom. The van der Waals surface area contributed by atoms with Crippen LogP contribution < -0.4 is 0 Å². The monoisotopic (exact) mass is 277 g/mol. The number of aromatic nitrogens is 3. The largest absolute Gasteiger partial charge is 0.478 e. The van der Waals surface area contributed by atoms with E-state index in [9.17, 15) is 9.90 Å². The molecular formula is C12H11N3O3S. The maximum absolute atomic E-state index is 11.3. The number of hydrogen-bond donors (Lipinski definition) is 1. The minimum Gasteiger partial charge on any atom is -0.478 e. The quantitative estimate of drug-likeness (QED) is 0.918. The molecule has 2 aromatic heterocycles. The summed E-state index contributed by atoms with van der Waals surface area (Å²) in [5, 5.41) is 17.5. The van der Waals surface area contributed by atoms with Gasteiger partial charge < -0.3 is 9.52 Å². The van der Waals surface area contributed by atoms with E-state index in [-0.39, 0.29) is 5.56 Å². The predicted octanol–water partition coefficient (Wildman–Crippen LogP) is 2.11. The van der Waals surface area contributed by atoms with Crippen LogP contribution in [0.2, 0.25) is 0 Å². The van der Waals surface area contributed by atoms with Gasteiger partial charge in [-0.15, -0.1) is 10.2 Å². The molecule has 0 saturated carbocycles. The Labute approximate surface area is 113 Å². The fourth-order valence-corrected chi connectivity index (χ4v) is 2.91. The Balaban J connectivity index is 2.01. The second-order valence-electron chi connectivity index (χ2n) is 4.29. The van der Waals surface area contributed by atoms with Crippen LogP contribution in [0.25, 0.3) is 0 Å². The van der Waals surface area contributed by atoms with Gasteiger partial charge in [-0.1, -0.05) is 0 Å². The highest BCUT2D eigenvalue weighted by molar-refractivity contribution is 7.99. The second kappa shape index (κ2) is 4.65. The molecule has 0 unspecified atom stereocenters. The van der Waals surface area contributed by atoms with E-state index < -0.39 is 5.97 Å². The number of hydrogen-bond acceptors (Lipinski definition) is 6. The van der Waals surface area contributed by atoms with E-state index in [1.807, 2.05) is 0 Å². The average molecular weight is 277 g/mol. The van der Waals surface area contributed by atoms with Crippen molar-refractivity contribution in [1.82, 2.24) is 15.2 Å². The minimum atomic E-state index is -0.985. The molecule has 7 heteroatoms. The molecular weight excluding hydrogens is 266 g/mol. The lowest BCUT2D eigenvalue weighted by Gasteiger charge is -2.06. The number of rotatable bonds is 3. The second-order valence-corrected chi connectivity index (χ2v) is 5.23. The van der Waals surface area contributed by atoms with E-state index in [1.54, 1.807) is 13.0 Å². The number of nitrogens with zero attached hydrogens (tertiary/aromatic N) is 3. The van der Waals surface area contributed by atoms with Gasteiger partial charge in [-0.3, -0.25) is 0 Å². The summed E-state index contributed by atoms with van der Waals surface area (Å²) in [7, 11) is 0. The molecule has 0 amide bonds. The number of pyridine rings is 1. The smallest absolute Gasteiger partial charge is 0.338 e. The van der Waals surface area contributed by atoms with E-state index in [1.165, 1.54) is 0 Å². The lowest BCUT2D eigenvalue weighted by Crippen LogP contribution is -2.04. The fraction of sp³-hybridized carbons (Fsp3) is 0.333. The van der Waals surface area contributed by atoms with Crippen LogP contribution in [0.15, 0.2) is 20.7 Å². The molecule has 0 saturated heterocycles. The first-order valence-electron chi connectivity index (χ1n) is 5.87. The molecule has 2 heterocycles. The number of carboxylic acid groups (broad SMARTS) is 1. The maximum Gasteiger partial charge on any atom is 0.338 e. The summed E-state index contributed by atoms with van der Waals surface area (Å²) in [4.78, 5) is 15.7. The Bertz CT molecular complexity index is 654. The van der Waals surface area contributed by atoms with Crippen molar-refractivity contribution >= 4 is 17.7 Å². The summed E-state index contributed by atoms with van der Waals surface area (Å²) in [5.41, 5.74) is 2.20. The van der Waals surface area contributed by atoms with Crippen LogP contribution >= 0.6 is 11.8 Å². The molecule has 98 valence electrons. The van der Waals surface area contributed by atoms with Gasteiger partial charge in [-0.05, 0) is 42.7 Å². The highest BCUT2D eigenvalue weighted by atomic mass is 32.2. The maximum atomic E-state index is 11.3. The summed E-state index contributed by atoms with van der Waals surface area (Å²) in [6.45, 7) is 1.69. The van der Waals surface area contributed by atoms with Gasteiger partial charge in [0.15, 0.2) is 0 Å². The zero-order chi connectivity index (χ0) is 13.4. The molecule has 3 rings (SSSR count). The summed E-state index contributed by atoms with van der Waals surface area (Å²) >= 11 is 1.10. The third-order valence-electron chi connectivity index (χ3n) is 2.94. The van der Waals surface area contributed by atoms with Crippen molar-refractivity contribution in [1.29, 1.82) is 0 Å². The van der Waals surface area contributed by atoms with E-state index >= 15 is 0 Å². The Morgan fingerprint density at radius 3 is 2.95 bits per heavy atom. The number of aryl methyl sites for hydroxylation is 3. The lowest BCUT2D eigenvalue weighted by molar-refractivity contribution is 0.0692. The standard InChI is InChI=1S/C12H11N3O3S/c1-6-14-15-12(18-6)19-10-8(11(16)17)5-7-3-2-4-9(7)13-10/h5H,2-4H2,1H3,(H,16,17). The van der Waals surface area contributed by atoms with E-state index in [4.69, 9.17) is 4.42 Å². The molecule has 0 aliphatic heterocycles. The molecule has 6 nitrogen and oxygen atoms in total. The van der Waals surface area contributed by atoms with Crippen LogP contribution in [-0.4, -0.2) is 26.3 Å². The van der Waals surface area contributed by atoms with Crippen molar-refractivity contribution in [3.63, 3.8) is 0 Å². The van der Waals surface area contributed by atoms with Crippen LogP contribution in [0.4, 0.5) is 0 Å². The molecule has 0 bridgehead atoms. The van der Waals surface area contributed by atoms with Crippen LogP contribution in [0.5, 0.6) is 0 Å². The van der Waals surface area contributed by atoms with Crippen molar-refractivity contribution < 1.29 is 14.3 Å². The molecule has 0 radical (unpaired) electrons. The summed E-state index contributed by atoms with van der Waals surface area (Å²) < 4.78 is 5.25. The molecule has 0 atom stereocenters. The topological polar surface area (TPSA) is 89.1 Å². The van der Waals surface area contributed by atoms with Crippen LogP contribution in [-0.2, 0) is 12.8 Å². The van der Waals surface area contributed by atoms with Crippen molar-refractivity contribution in [2.24, 2.45) is 0 Å². The fourth-order valence-electron chi connectivity index (χ4n) is 2.09. The number of aromatic carboxylic acids is 1. The molecule has 0 aromatic carbocycles. The third kappa shape index (κ3) is 2.33. The molecule has 0 fully saturated rings. The van der Waals surface area contributed by atoms with Crippen molar-refractivity contribution in [3.8, 4) is 0 Å². The first-order valence-corrected chi connectivity index (χ1v) is 6.69. The van der Waals surface area contributed by atoms with Crippen molar-refractivity contribution in [2.75, 3.05) is 0 Å². The van der Waals surface area contributed by atoms with Gasteiger partial charge in [0.25, 0.3) is 5.22 Å². The number of carboxylic acids is 1. The highest BCUT2D eigenvalue weighted by Crippen LogP contribution is 2.31. The van der Waals surface area contributed by atoms with Crippen LogP contribution in [0.3, 0.4) is 0 Å². The van der Waals surface area contributed by atoms with E-state index in [2.05, 4.69) is 15.2 Å². The summed E-state index contributed by atoms with van der Waals surface area (Å²) in [6.07, 6.45) is 2.81. The van der Waals surface area contributed by atoms with Gasteiger partial charge in [-0.25, -0.2) is 9.78 Å². The zero-order valence-corrected chi connectivity index (χ0v) is 11.0. The van der Waals surface area contributed by atoms with Gasteiger partial charge in [0.2, 0.25) is 5.89 Å². The van der Waals surface area contributed by atoms with Crippen molar-refractivity contribution in [2.45, 2.75) is 36.4 Å². The van der Waals surface area contributed by atoms with E-state index in [0.717, 1.165) is 42.3 Å². The first-order chi connectivity index (χ1) is 9.13. The predicted molar refractivity (Wildman–Crippen MR) is 66.4 cm³/mol. The first kappa shape index (κ1) is 12.2. The number of carbonyl (C=O) groups is 1.